The van der Waals surface area contributed by atoms with Crippen molar-refractivity contribution in [2.75, 3.05) is 5.32 Å². The Morgan fingerprint density at radius 3 is 2.47 bits per heavy atom. The summed E-state index contributed by atoms with van der Waals surface area (Å²) in [4.78, 5) is 0. The van der Waals surface area contributed by atoms with E-state index in [1.807, 2.05) is 44.2 Å². The first-order valence-electron chi connectivity index (χ1n) is 4.97. The molecule has 4 N–H and O–H groups in total. The van der Waals surface area contributed by atoms with Crippen molar-refractivity contribution in [2.45, 2.75) is 13.8 Å². The number of hydrogen-bond acceptors (Lipinski definition) is 3. The molecule has 0 heterocycles. The van der Waals surface area contributed by atoms with Crippen LogP contribution in [0, 0.1) is 11.3 Å². The molecule has 0 fully saturated rings. The Hall–Kier alpha value is -1.77. The number of allylic oxidation sites excluding steroid dienone is 1. The van der Waals surface area contributed by atoms with Gasteiger partial charge in [0, 0.05) is 11.4 Å². The molecule has 0 radical (unpaired) electrons. The summed E-state index contributed by atoms with van der Waals surface area (Å²) in [5, 5.41) is 10.7. The van der Waals surface area contributed by atoms with Crippen molar-refractivity contribution in [1.29, 1.82) is 5.41 Å². The van der Waals surface area contributed by atoms with Gasteiger partial charge in [-0.2, -0.15) is 0 Å². The standard InChI is InChI=1S/C12H17N3/c1-9(2)11(13)8-12(14)15-10-6-4-3-5-7-10/h3-9,13,15H,14H2,1-2H3/b12-8-,13-11?. The number of para-hydroxylation sites is 1. The largest absolute Gasteiger partial charge is 0.385 e. The second-order valence-electron chi connectivity index (χ2n) is 3.70. The summed E-state index contributed by atoms with van der Waals surface area (Å²) in [7, 11) is 0. The first-order valence-corrected chi connectivity index (χ1v) is 4.97. The van der Waals surface area contributed by atoms with Gasteiger partial charge in [-0.05, 0) is 24.1 Å². The van der Waals surface area contributed by atoms with Gasteiger partial charge in [0.2, 0.25) is 0 Å². The Morgan fingerprint density at radius 2 is 1.93 bits per heavy atom. The molecule has 0 spiro atoms. The maximum absolute atomic E-state index is 7.64. The highest BCUT2D eigenvalue weighted by molar-refractivity contribution is 5.94. The summed E-state index contributed by atoms with van der Waals surface area (Å²) in [5.41, 5.74) is 7.21. The Kier molecular flexibility index (Phi) is 3.92. The van der Waals surface area contributed by atoms with Gasteiger partial charge in [0.05, 0.1) is 0 Å². The minimum Gasteiger partial charge on any atom is -0.385 e. The lowest BCUT2D eigenvalue weighted by atomic mass is 10.1. The number of benzene rings is 1. The summed E-state index contributed by atoms with van der Waals surface area (Å²) in [6.07, 6.45) is 1.65. The minimum atomic E-state index is 0.195. The van der Waals surface area contributed by atoms with E-state index >= 15 is 0 Å². The normalized spacial score (nSPS) is 11.5. The first kappa shape index (κ1) is 11.3. The summed E-state index contributed by atoms with van der Waals surface area (Å²) < 4.78 is 0. The van der Waals surface area contributed by atoms with Gasteiger partial charge in [-0.25, -0.2) is 0 Å². The third-order valence-electron chi connectivity index (χ3n) is 2.00. The van der Waals surface area contributed by atoms with Gasteiger partial charge in [0.25, 0.3) is 0 Å². The summed E-state index contributed by atoms with van der Waals surface area (Å²) in [6, 6.07) is 9.67. The van der Waals surface area contributed by atoms with Gasteiger partial charge in [-0.1, -0.05) is 32.0 Å². The minimum absolute atomic E-state index is 0.195. The van der Waals surface area contributed by atoms with E-state index in [0.717, 1.165) is 5.69 Å². The maximum Gasteiger partial charge on any atom is 0.102 e. The second kappa shape index (κ2) is 5.20. The molecule has 0 aliphatic carbocycles. The van der Waals surface area contributed by atoms with Crippen LogP contribution in [0.15, 0.2) is 42.2 Å². The zero-order valence-corrected chi connectivity index (χ0v) is 9.12. The SMILES string of the molecule is CC(C)C(=N)/C=C(/N)Nc1ccccc1. The third kappa shape index (κ3) is 3.85. The van der Waals surface area contributed by atoms with Crippen molar-refractivity contribution in [3.05, 3.63) is 42.2 Å². The van der Waals surface area contributed by atoms with Crippen LogP contribution in [0.2, 0.25) is 0 Å². The van der Waals surface area contributed by atoms with Crippen molar-refractivity contribution in [1.82, 2.24) is 0 Å². The van der Waals surface area contributed by atoms with Crippen LogP contribution in [0.25, 0.3) is 0 Å². The molecule has 0 unspecified atom stereocenters. The van der Waals surface area contributed by atoms with Crippen LogP contribution in [0.5, 0.6) is 0 Å². The molecule has 0 saturated carbocycles. The van der Waals surface area contributed by atoms with E-state index in [4.69, 9.17) is 11.1 Å². The number of hydrogen-bond donors (Lipinski definition) is 3. The lowest BCUT2D eigenvalue weighted by Gasteiger charge is -2.07. The van der Waals surface area contributed by atoms with Crippen LogP contribution >= 0.6 is 0 Å². The van der Waals surface area contributed by atoms with Crippen LogP contribution in [0.3, 0.4) is 0 Å². The van der Waals surface area contributed by atoms with Crippen molar-refractivity contribution in [3.63, 3.8) is 0 Å². The summed E-state index contributed by atoms with van der Waals surface area (Å²) >= 11 is 0. The monoisotopic (exact) mass is 203 g/mol. The molecule has 0 amide bonds. The second-order valence-corrected chi connectivity index (χ2v) is 3.70. The molecule has 0 saturated heterocycles. The van der Waals surface area contributed by atoms with E-state index in [9.17, 15) is 0 Å². The van der Waals surface area contributed by atoms with Crippen LogP contribution in [0.1, 0.15) is 13.8 Å². The van der Waals surface area contributed by atoms with Crippen LogP contribution in [0.4, 0.5) is 5.69 Å². The number of anilines is 1. The average molecular weight is 203 g/mol. The summed E-state index contributed by atoms with van der Waals surface area (Å²) in [5.74, 6) is 0.695. The van der Waals surface area contributed by atoms with Gasteiger partial charge >= 0.3 is 0 Å². The third-order valence-corrected chi connectivity index (χ3v) is 2.00. The Labute approximate surface area is 90.5 Å². The van der Waals surface area contributed by atoms with Crippen LogP contribution < -0.4 is 11.1 Å². The topological polar surface area (TPSA) is 61.9 Å². The molecule has 3 heteroatoms. The average Bonchev–Trinajstić information content (AvgIpc) is 2.18. The molecular weight excluding hydrogens is 186 g/mol. The zero-order valence-electron chi connectivity index (χ0n) is 9.12. The quantitative estimate of drug-likeness (QED) is 0.658. The molecule has 0 bridgehead atoms. The van der Waals surface area contributed by atoms with E-state index in [0.29, 0.717) is 11.5 Å². The number of rotatable bonds is 4. The highest BCUT2D eigenvalue weighted by atomic mass is 15.0. The fourth-order valence-electron chi connectivity index (χ4n) is 1.06. The van der Waals surface area contributed by atoms with E-state index in [1.165, 1.54) is 0 Å². The molecule has 0 aliphatic rings. The Morgan fingerprint density at radius 1 is 1.33 bits per heavy atom. The molecule has 3 nitrogen and oxygen atoms in total. The fraction of sp³-hybridized carbons (Fsp3) is 0.250. The number of nitrogens with one attached hydrogen (secondary N) is 2. The van der Waals surface area contributed by atoms with Gasteiger partial charge in [-0.15, -0.1) is 0 Å². The van der Waals surface area contributed by atoms with E-state index < -0.39 is 0 Å². The lowest BCUT2D eigenvalue weighted by molar-refractivity contribution is 0.881. The van der Waals surface area contributed by atoms with Crippen molar-refractivity contribution < 1.29 is 0 Å². The van der Waals surface area contributed by atoms with Crippen molar-refractivity contribution in [2.24, 2.45) is 11.7 Å². The van der Waals surface area contributed by atoms with Crippen LogP contribution in [-0.2, 0) is 0 Å². The smallest absolute Gasteiger partial charge is 0.102 e. The molecule has 0 aromatic heterocycles. The lowest BCUT2D eigenvalue weighted by Crippen LogP contribution is -2.13. The van der Waals surface area contributed by atoms with Gasteiger partial charge in [0.15, 0.2) is 0 Å². The highest BCUT2D eigenvalue weighted by Gasteiger charge is 2.00. The molecule has 15 heavy (non-hydrogen) atoms. The predicted octanol–water partition coefficient (Wildman–Crippen LogP) is 2.57. The molecule has 0 atom stereocenters. The molecule has 1 rings (SSSR count). The summed E-state index contributed by atoms with van der Waals surface area (Å²) in [6.45, 7) is 3.93. The maximum atomic E-state index is 7.64. The molecule has 1 aromatic rings. The van der Waals surface area contributed by atoms with E-state index in [-0.39, 0.29) is 5.92 Å². The Balaban J connectivity index is 2.63. The van der Waals surface area contributed by atoms with Gasteiger partial charge in [-0.3, -0.25) is 0 Å². The molecule has 1 aromatic carbocycles. The van der Waals surface area contributed by atoms with E-state index in [2.05, 4.69) is 5.32 Å². The van der Waals surface area contributed by atoms with Gasteiger partial charge in [0.1, 0.15) is 5.82 Å². The first-order chi connectivity index (χ1) is 7.09. The number of nitrogens with two attached hydrogens (primary N) is 1. The highest BCUT2D eigenvalue weighted by Crippen LogP contribution is 2.07. The molecule has 0 aliphatic heterocycles. The molecular formula is C12H17N3. The fourth-order valence-corrected chi connectivity index (χ4v) is 1.06. The molecule has 80 valence electrons. The van der Waals surface area contributed by atoms with Crippen molar-refractivity contribution >= 4 is 11.4 Å². The van der Waals surface area contributed by atoms with Gasteiger partial charge < -0.3 is 16.5 Å². The zero-order chi connectivity index (χ0) is 11.3. The predicted molar refractivity (Wildman–Crippen MR) is 64.9 cm³/mol. The van der Waals surface area contributed by atoms with Crippen LogP contribution in [-0.4, -0.2) is 5.71 Å². The Bertz CT molecular complexity index is 352. The van der Waals surface area contributed by atoms with E-state index in [1.54, 1.807) is 6.08 Å². The van der Waals surface area contributed by atoms with Crippen molar-refractivity contribution in [3.8, 4) is 0 Å².